The summed E-state index contributed by atoms with van der Waals surface area (Å²) >= 11 is 0. The first-order chi connectivity index (χ1) is 13.5. The van der Waals surface area contributed by atoms with Crippen LogP contribution in [0.5, 0.6) is 34.5 Å². The van der Waals surface area contributed by atoms with Crippen LogP contribution in [0.25, 0.3) is 11.1 Å². The van der Waals surface area contributed by atoms with Gasteiger partial charge < -0.3 is 28.4 Å². The monoisotopic (exact) mass is 386 g/mol. The molecule has 4 rings (SSSR count). The fraction of sp³-hybridized carbons (Fsp3) is 0.455. The summed E-state index contributed by atoms with van der Waals surface area (Å²) in [5.74, 6) is 4.55. The Labute approximate surface area is 165 Å². The lowest BCUT2D eigenvalue weighted by atomic mass is 9.85. The van der Waals surface area contributed by atoms with E-state index in [1.807, 2.05) is 6.07 Å². The normalized spacial score (nSPS) is 19.4. The van der Waals surface area contributed by atoms with Gasteiger partial charge in [-0.2, -0.15) is 0 Å². The lowest BCUT2D eigenvalue weighted by molar-refractivity contribution is 0.171. The number of rotatable bonds is 4. The number of fused-ring (bicyclic) bond motifs is 4. The third-order valence-electron chi connectivity index (χ3n) is 5.90. The molecule has 0 fully saturated rings. The van der Waals surface area contributed by atoms with E-state index >= 15 is 0 Å². The minimum atomic E-state index is 0.189. The Bertz CT molecular complexity index is 920. The fourth-order valence-electron chi connectivity index (χ4n) is 4.32. The molecule has 0 saturated heterocycles. The van der Waals surface area contributed by atoms with Gasteiger partial charge in [-0.25, -0.2) is 0 Å². The molecule has 6 heteroatoms. The van der Waals surface area contributed by atoms with E-state index in [9.17, 15) is 0 Å². The van der Waals surface area contributed by atoms with Gasteiger partial charge in [0, 0.05) is 11.1 Å². The van der Waals surface area contributed by atoms with E-state index in [-0.39, 0.29) is 12.7 Å². The smallest absolute Gasteiger partial charge is 0.231 e. The lowest BCUT2D eigenvalue weighted by Gasteiger charge is -2.22. The number of benzene rings is 2. The summed E-state index contributed by atoms with van der Waals surface area (Å²) in [6.07, 6.45) is 0.872. The molecule has 1 aliphatic carbocycles. The van der Waals surface area contributed by atoms with Gasteiger partial charge in [0.25, 0.3) is 0 Å². The zero-order chi connectivity index (χ0) is 20.0. The van der Waals surface area contributed by atoms with Crippen molar-refractivity contribution in [3.05, 3.63) is 23.3 Å². The molecule has 0 N–H and O–H groups in total. The average molecular weight is 386 g/mol. The van der Waals surface area contributed by atoms with Crippen LogP contribution in [-0.4, -0.2) is 35.2 Å². The van der Waals surface area contributed by atoms with Crippen LogP contribution >= 0.6 is 0 Å². The minimum Gasteiger partial charge on any atom is -0.493 e. The van der Waals surface area contributed by atoms with E-state index in [4.69, 9.17) is 28.4 Å². The standard InChI is InChI=1S/C22H26O6/c1-11-7-13-8-15(23-3)19(24-4)21(25-5)17(13)18-14(12(11)2)9-16-20(22(18)26-6)28-10-27-16/h8-9,11-12H,7,10H2,1-6H3/t11-,12-/m0/s1. The lowest BCUT2D eigenvalue weighted by Crippen LogP contribution is -2.08. The number of hydrogen-bond donors (Lipinski definition) is 0. The minimum absolute atomic E-state index is 0.189. The predicted octanol–water partition coefficient (Wildman–Crippen LogP) is 4.41. The van der Waals surface area contributed by atoms with Crippen LogP contribution < -0.4 is 28.4 Å². The van der Waals surface area contributed by atoms with Crippen LogP contribution in [-0.2, 0) is 6.42 Å². The molecule has 0 radical (unpaired) electrons. The summed E-state index contributed by atoms with van der Waals surface area (Å²) in [5, 5.41) is 0. The van der Waals surface area contributed by atoms with Gasteiger partial charge in [-0.1, -0.05) is 13.8 Å². The maximum Gasteiger partial charge on any atom is 0.231 e. The van der Waals surface area contributed by atoms with Crippen molar-refractivity contribution in [1.29, 1.82) is 0 Å². The van der Waals surface area contributed by atoms with Crippen molar-refractivity contribution in [1.82, 2.24) is 0 Å². The number of ether oxygens (including phenoxy) is 6. The molecule has 2 atom stereocenters. The highest BCUT2D eigenvalue weighted by Gasteiger charge is 2.36. The number of methoxy groups -OCH3 is 4. The molecule has 2 aliphatic rings. The highest BCUT2D eigenvalue weighted by Crippen LogP contribution is 2.58. The molecule has 1 aliphatic heterocycles. The predicted molar refractivity (Wildman–Crippen MR) is 105 cm³/mol. The molecule has 0 bridgehead atoms. The van der Waals surface area contributed by atoms with Gasteiger partial charge in [-0.05, 0) is 41.5 Å². The molecule has 2 aromatic rings. The molecule has 2 aromatic carbocycles. The van der Waals surface area contributed by atoms with Crippen molar-refractivity contribution < 1.29 is 28.4 Å². The van der Waals surface area contributed by atoms with Crippen molar-refractivity contribution in [2.75, 3.05) is 35.2 Å². The maximum absolute atomic E-state index is 5.85. The third kappa shape index (κ3) is 2.54. The Kier molecular flexibility index (Phi) is 4.65. The highest BCUT2D eigenvalue weighted by atomic mass is 16.7. The molecular formula is C22H26O6. The van der Waals surface area contributed by atoms with E-state index in [0.29, 0.717) is 34.7 Å². The zero-order valence-corrected chi connectivity index (χ0v) is 17.2. The topological polar surface area (TPSA) is 55.4 Å². The van der Waals surface area contributed by atoms with Crippen LogP contribution in [0.1, 0.15) is 30.9 Å². The quantitative estimate of drug-likeness (QED) is 0.776. The summed E-state index contributed by atoms with van der Waals surface area (Å²) in [7, 11) is 6.56. The summed E-state index contributed by atoms with van der Waals surface area (Å²) in [6.45, 7) is 4.68. The van der Waals surface area contributed by atoms with Crippen molar-refractivity contribution in [2.24, 2.45) is 5.92 Å². The van der Waals surface area contributed by atoms with Gasteiger partial charge in [-0.3, -0.25) is 0 Å². The Morgan fingerprint density at radius 1 is 0.821 bits per heavy atom. The Balaban J connectivity index is 2.15. The first kappa shape index (κ1) is 18.6. The summed E-state index contributed by atoms with van der Waals surface area (Å²) in [6, 6.07) is 4.12. The molecule has 28 heavy (non-hydrogen) atoms. The fourth-order valence-corrected chi connectivity index (χ4v) is 4.32. The Hall–Kier alpha value is -2.76. The molecular weight excluding hydrogens is 360 g/mol. The van der Waals surface area contributed by atoms with E-state index in [2.05, 4.69) is 19.9 Å². The Morgan fingerprint density at radius 3 is 2.18 bits per heavy atom. The third-order valence-corrected chi connectivity index (χ3v) is 5.90. The molecule has 0 saturated carbocycles. The van der Waals surface area contributed by atoms with Crippen LogP contribution in [0.2, 0.25) is 0 Å². The largest absolute Gasteiger partial charge is 0.493 e. The molecule has 0 aromatic heterocycles. The van der Waals surface area contributed by atoms with Gasteiger partial charge in [0.15, 0.2) is 23.0 Å². The second-order valence-corrected chi connectivity index (χ2v) is 7.26. The molecule has 6 nitrogen and oxygen atoms in total. The molecule has 150 valence electrons. The van der Waals surface area contributed by atoms with E-state index < -0.39 is 0 Å². The van der Waals surface area contributed by atoms with E-state index in [0.717, 1.165) is 34.4 Å². The van der Waals surface area contributed by atoms with Crippen molar-refractivity contribution in [2.45, 2.75) is 26.2 Å². The van der Waals surface area contributed by atoms with Crippen molar-refractivity contribution >= 4 is 0 Å². The second-order valence-electron chi connectivity index (χ2n) is 7.26. The van der Waals surface area contributed by atoms with Crippen LogP contribution in [0.3, 0.4) is 0 Å². The van der Waals surface area contributed by atoms with Crippen molar-refractivity contribution in [3.8, 4) is 45.6 Å². The molecule has 1 heterocycles. The van der Waals surface area contributed by atoms with Gasteiger partial charge in [0.05, 0.1) is 28.4 Å². The van der Waals surface area contributed by atoms with E-state index in [1.165, 1.54) is 0 Å². The van der Waals surface area contributed by atoms with Crippen LogP contribution in [0.15, 0.2) is 12.1 Å². The molecule has 0 spiro atoms. The van der Waals surface area contributed by atoms with Crippen LogP contribution in [0.4, 0.5) is 0 Å². The van der Waals surface area contributed by atoms with E-state index in [1.54, 1.807) is 28.4 Å². The second kappa shape index (κ2) is 7.00. The van der Waals surface area contributed by atoms with Gasteiger partial charge in [0.2, 0.25) is 18.3 Å². The van der Waals surface area contributed by atoms with Gasteiger partial charge in [0.1, 0.15) is 0 Å². The molecule has 0 unspecified atom stereocenters. The summed E-state index contributed by atoms with van der Waals surface area (Å²) in [4.78, 5) is 0. The summed E-state index contributed by atoms with van der Waals surface area (Å²) in [5.41, 5.74) is 4.21. The SMILES string of the molecule is COc1cc2c(c(OC)c1OC)-c1c(cc3c(c1OC)OCO3)[C@@H](C)[C@@H](C)C2. The van der Waals surface area contributed by atoms with Crippen LogP contribution in [0, 0.1) is 5.92 Å². The maximum atomic E-state index is 5.85. The average Bonchev–Trinajstić information content (AvgIpc) is 3.15. The first-order valence-corrected chi connectivity index (χ1v) is 9.38. The highest BCUT2D eigenvalue weighted by molar-refractivity contribution is 5.89. The molecule has 0 amide bonds. The van der Waals surface area contributed by atoms with Gasteiger partial charge >= 0.3 is 0 Å². The van der Waals surface area contributed by atoms with Crippen molar-refractivity contribution in [3.63, 3.8) is 0 Å². The van der Waals surface area contributed by atoms with Gasteiger partial charge in [-0.15, -0.1) is 0 Å². The Morgan fingerprint density at radius 2 is 1.54 bits per heavy atom. The zero-order valence-electron chi connectivity index (χ0n) is 17.2. The summed E-state index contributed by atoms with van der Waals surface area (Å²) < 4.78 is 34.3. The first-order valence-electron chi connectivity index (χ1n) is 9.38. The number of hydrogen-bond acceptors (Lipinski definition) is 6.